The number of nitrogens with zero attached hydrogens (tertiary/aromatic N) is 1. The predicted octanol–water partition coefficient (Wildman–Crippen LogP) is 7.21. The van der Waals surface area contributed by atoms with Gasteiger partial charge in [-0.25, -0.2) is 4.39 Å². The molecule has 1 fully saturated rings. The minimum Gasteiger partial charge on any atom is -0.391 e. The first-order valence-corrected chi connectivity index (χ1v) is 14.8. The summed E-state index contributed by atoms with van der Waals surface area (Å²) in [7, 11) is 0. The zero-order chi connectivity index (χ0) is 28.4. The van der Waals surface area contributed by atoms with Gasteiger partial charge in [0, 0.05) is 26.2 Å². The van der Waals surface area contributed by atoms with E-state index in [4.69, 9.17) is 9.57 Å². The van der Waals surface area contributed by atoms with E-state index in [9.17, 15) is 4.39 Å². The largest absolute Gasteiger partial charge is 0.391 e. The van der Waals surface area contributed by atoms with Crippen LogP contribution in [0.1, 0.15) is 90.3 Å². The molecule has 2 unspecified atom stereocenters. The second kappa shape index (κ2) is 19.2. The van der Waals surface area contributed by atoms with Gasteiger partial charge in [0.1, 0.15) is 5.67 Å². The first-order chi connectivity index (χ1) is 18.3. The number of nitrogens with one attached hydrogen (secondary N) is 2. The lowest BCUT2D eigenvalue weighted by Gasteiger charge is -2.26. The second-order valence-corrected chi connectivity index (χ2v) is 10.5. The minimum atomic E-state index is -1.30. The number of hydrogen-bond acceptors (Lipinski definition) is 5. The number of ether oxygens (including phenoxy) is 1. The van der Waals surface area contributed by atoms with Crippen molar-refractivity contribution in [3.8, 4) is 0 Å². The maximum Gasteiger partial charge on any atom is 0.209 e. The van der Waals surface area contributed by atoms with Crippen molar-refractivity contribution in [1.29, 1.82) is 0 Å². The summed E-state index contributed by atoms with van der Waals surface area (Å²) in [5.74, 6) is 1.35. The lowest BCUT2D eigenvalue weighted by Crippen LogP contribution is -2.40. The number of aryl methyl sites for hydroxylation is 2. The molecule has 0 saturated carbocycles. The van der Waals surface area contributed by atoms with E-state index in [1.807, 2.05) is 33.8 Å². The molecule has 0 radical (unpaired) electrons. The zero-order valence-corrected chi connectivity index (χ0v) is 25.4. The Labute approximate surface area is 233 Å². The molecule has 1 aromatic carbocycles. The summed E-state index contributed by atoms with van der Waals surface area (Å²) in [5.41, 5.74) is 5.07. The Bertz CT molecular complexity index is 800. The summed E-state index contributed by atoms with van der Waals surface area (Å²) in [6, 6.07) is 6.44. The van der Waals surface area contributed by atoms with Crippen LogP contribution < -0.4 is 10.8 Å². The van der Waals surface area contributed by atoms with Gasteiger partial charge in [-0.15, -0.1) is 12.1 Å². The maximum atomic E-state index is 14.4. The minimum absolute atomic E-state index is 0.220. The van der Waals surface area contributed by atoms with Crippen LogP contribution in [-0.4, -0.2) is 50.3 Å². The van der Waals surface area contributed by atoms with Crippen LogP contribution in [0.5, 0.6) is 0 Å². The van der Waals surface area contributed by atoms with E-state index in [2.05, 4.69) is 47.4 Å². The summed E-state index contributed by atoms with van der Waals surface area (Å²) in [6.07, 6.45) is 11.0. The Morgan fingerprint density at radius 1 is 1.21 bits per heavy atom. The van der Waals surface area contributed by atoms with Crippen LogP contribution in [0.4, 0.5) is 4.39 Å². The molecule has 0 aromatic heterocycles. The van der Waals surface area contributed by atoms with Crippen LogP contribution in [0.3, 0.4) is 0 Å². The average molecular weight is 534 g/mol. The van der Waals surface area contributed by atoms with Gasteiger partial charge in [-0.05, 0) is 75.6 Å². The molecular weight excluding hydrogens is 477 g/mol. The molecule has 0 bridgehead atoms. The Morgan fingerprint density at radius 3 is 2.50 bits per heavy atom. The molecule has 0 spiro atoms. The molecule has 0 aliphatic carbocycles. The van der Waals surface area contributed by atoms with Gasteiger partial charge in [-0.2, -0.15) is 0 Å². The van der Waals surface area contributed by atoms with Gasteiger partial charge in [-0.1, -0.05) is 64.3 Å². The number of morpholine rings is 1. The third-order valence-corrected chi connectivity index (χ3v) is 6.89. The Balaban J connectivity index is 0.00000135. The SMILES string of the molecule is C=CC.CC.CCCCCC(CCc1ccc(C(C)(C)F)c(C)c1)C1C=C(NCCN2CCOCC2)ON1. The number of rotatable bonds is 13. The van der Waals surface area contributed by atoms with Crippen molar-refractivity contribution in [3.05, 3.63) is 59.5 Å². The van der Waals surface area contributed by atoms with E-state index in [1.165, 1.54) is 31.2 Å². The smallest absolute Gasteiger partial charge is 0.209 e. The number of alkyl halides is 1. The Hall–Kier alpha value is -1.89. The fourth-order valence-electron chi connectivity index (χ4n) is 4.91. The van der Waals surface area contributed by atoms with Gasteiger partial charge in [0.15, 0.2) is 0 Å². The number of benzene rings is 1. The summed E-state index contributed by atoms with van der Waals surface area (Å²) < 4.78 is 19.8. The van der Waals surface area contributed by atoms with E-state index in [0.29, 0.717) is 5.92 Å². The molecular formula is C32H56FN3O2. The van der Waals surface area contributed by atoms with Crippen molar-refractivity contribution in [2.45, 2.75) is 98.7 Å². The van der Waals surface area contributed by atoms with Crippen LogP contribution in [0.25, 0.3) is 0 Å². The van der Waals surface area contributed by atoms with E-state index in [-0.39, 0.29) is 6.04 Å². The zero-order valence-electron chi connectivity index (χ0n) is 25.4. The van der Waals surface area contributed by atoms with Crippen molar-refractivity contribution in [3.63, 3.8) is 0 Å². The molecule has 2 aliphatic rings. The average Bonchev–Trinajstić information content (AvgIpc) is 3.36. The normalized spacial score (nSPS) is 18.2. The molecule has 0 amide bonds. The lowest BCUT2D eigenvalue weighted by molar-refractivity contribution is 0.0370. The third-order valence-electron chi connectivity index (χ3n) is 6.89. The Kier molecular flexibility index (Phi) is 17.3. The number of halogens is 1. The highest BCUT2D eigenvalue weighted by Gasteiger charge is 2.26. The number of hydroxylamine groups is 1. The molecule has 5 nitrogen and oxygen atoms in total. The van der Waals surface area contributed by atoms with E-state index in [0.717, 1.165) is 69.2 Å². The molecule has 1 aromatic rings. The first kappa shape index (κ1) is 34.1. The van der Waals surface area contributed by atoms with E-state index < -0.39 is 5.67 Å². The molecule has 6 heteroatoms. The number of allylic oxidation sites excluding steroid dienone is 1. The van der Waals surface area contributed by atoms with Gasteiger partial charge in [0.2, 0.25) is 5.88 Å². The second-order valence-electron chi connectivity index (χ2n) is 10.5. The van der Waals surface area contributed by atoms with Crippen LogP contribution in [-0.2, 0) is 21.7 Å². The lowest BCUT2D eigenvalue weighted by atomic mass is 9.87. The summed E-state index contributed by atoms with van der Waals surface area (Å²) in [6.45, 7) is 22.3. The molecule has 2 atom stereocenters. The topological polar surface area (TPSA) is 45.8 Å². The predicted molar refractivity (Wildman–Crippen MR) is 160 cm³/mol. The van der Waals surface area contributed by atoms with Crippen molar-refractivity contribution in [2.24, 2.45) is 5.92 Å². The molecule has 2 aliphatic heterocycles. The van der Waals surface area contributed by atoms with Gasteiger partial charge < -0.3 is 14.9 Å². The van der Waals surface area contributed by atoms with Crippen molar-refractivity contribution < 1.29 is 14.0 Å². The molecule has 3 rings (SSSR count). The van der Waals surface area contributed by atoms with E-state index in [1.54, 1.807) is 19.9 Å². The fourth-order valence-corrected chi connectivity index (χ4v) is 4.91. The number of hydrogen-bond donors (Lipinski definition) is 2. The van der Waals surface area contributed by atoms with Crippen molar-refractivity contribution in [1.82, 2.24) is 15.7 Å². The van der Waals surface area contributed by atoms with Crippen LogP contribution in [0.15, 0.2) is 42.8 Å². The van der Waals surface area contributed by atoms with Gasteiger partial charge in [0.25, 0.3) is 0 Å². The highest BCUT2D eigenvalue weighted by molar-refractivity contribution is 5.34. The van der Waals surface area contributed by atoms with Crippen LogP contribution >= 0.6 is 0 Å². The van der Waals surface area contributed by atoms with Crippen LogP contribution in [0, 0.1) is 12.8 Å². The quantitative estimate of drug-likeness (QED) is 0.207. The summed E-state index contributed by atoms with van der Waals surface area (Å²) in [4.78, 5) is 8.20. The van der Waals surface area contributed by atoms with Gasteiger partial charge >= 0.3 is 0 Å². The highest BCUT2D eigenvalue weighted by atomic mass is 19.1. The van der Waals surface area contributed by atoms with Crippen molar-refractivity contribution >= 4 is 0 Å². The monoisotopic (exact) mass is 533 g/mol. The third kappa shape index (κ3) is 12.8. The maximum absolute atomic E-state index is 14.4. The molecule has 38 heavy (non-hydrogen) atoms. The summed E-state index contributed by atoms with van der Waals surface area (Å²) in [5, 5.41) is 3.44. The molecule has 2 N–H and O–H groups in total. The highest BCUT2D eigenvalue weighted by Crippen LogP contribution is 2.29. The van der Waals surface area contributed by atoms with Gasteiger partial charge in [0.05, 0.1) is 19.3 Å². The molecule has 1 saturated heterocycles. The Morgan fingerprint density at radius 2 is 1.89 bits per heavy atom. The number of unbranched alkanes of at least 4 members (excludes halogenated alkanes) is 2. The molecule has 218 valence electrons. The standard InChI is InChI=1S/C27H44FN3O2.C3H6.C2H6/c1-5-6-7-8-23(11-9-22-10-12-24(21(2)19-22)27(3,4)28)25-20-26(33-30-25)29-13-14-31-15-17-32-18-16-31;1-3-2;1-2/h10,12,19-20,23,25,29-30H,5-9,11,13-18H2,1-4H3;3H,1H2,2H3;1-2H3. The fraction of sp³-hybridized carbons (Fsp3) is 0.688. The van der Waals surface area contributed by atoms with Crippen molar-refractivity contribution in [2.75, 3.05) is 39.4 Å². The van der Waals surface area contributed by atoms with Gasteiger partial charge in [-0.3, -0.25) is 4.90 Å². The van der Waals surface area contributed by atoms with E-state index >= 15 is 0 Å². The first-order valence-electron chi connectivity index (χ1n) is 14.8. The van der Waals surface area contributed by atoms with Crippen LogP contribution in [0.2, 0.25) is 0 Å². The summed E-state index contributed by atoms with van der Waals surface area (Å²) >= 11 is 0. The molecule has 2 heterocycles.